The second-order valence-electron chi connectivity index (χ2n) is 5.26. The lowest BCUT2D eigenvalue weighted by molar-refractivity contribution is -0.124. The van der Waals surface area contributed by atoms with E-state index in [1.807, 2.05) is 32.0 Å². The van der Waals surface area contributed by atoms with Crippen molar-refractivity contribution in [1.29, 1.82) is 0 Å². The lowest BCUT2D eigenvalue weighted by Crippen LogP contribution is -2.32. The minimum atomic E-state index is 0.0355. The molecule has 1 amide bonds. The van der Waals surface area contributed by atoms with Gasteiger partial charge in [0.1, 0.15) is 0 Å². The van der Waals surface area contributed by atoms with E-state index in [0.717, 1.165) is 6.42 Å². The molecular formula is C15H23NO. The molecule has 0 spiro atoms. The van der Waals surface area contributed by atoms with Crippen LogP contribution in [0.25, 0.3) is 0 Å². The summed E-state index contributed by atoms with van der Waals surface area (Å²) < 4.78 is 0. The van der Waals surface area contributed by atoms with Crippen LogP contribution in [0.4, 0.5) is 0 Å². The zero-order valence-electron chi connectivity index (χ0n) is 11.2. The first-order valence-corrected chi connectivity index (χ1v) is 6.36. The highest BCUT2D eigenvalue weighted by Crippen LogP contribution is 2.21. The maximum absolute atomic E-state index is 11.8. The van der Waals surface area contributed by atoms with E-state index in [0.29, 0.717) is 5.92 Å². The molecule has 1 aromatic rings. The number of carbonyl (C=O) groups excluding carboxylic acids is 1. The number of carbonyl (C=O) groups is 1. The molecule has 0 radical (unpaired) electrons. The van der Waals surface area contributed by atoms with Crippen molar-refractivity contribution in [1.82, 2.24) is 5.32 Å². The summed E-state index contributed by atoms with van der Waals surface area (Å²) in [6.45, 7) is 8.20. The molecule has 1 rings (SSSR count). The van der Waals surface area contributed by atoms with Crippen LogP contribution in [0.5, 0.6) is 0 Å². The van der Waals surface area contributed by atoms with Crippen LogP contribution in [-0.2, 0) is 4.79 Å². The van der Waals surface area contributed by atoms with Crippen LogP contribution in [0.3, 0.4) is 0 Å². The van der Waals surface area contributed by atoms with Crippen molar-refractivity contribution in [2.75, 3.05) is 0 Å². The Hall–Kier alpha value is -1.31. The molecule has 94 valence electrons. The molecule has 2 heteroatoms. The molecule has 0 saturated heterocycles. The summed E-state index contributed by atoms with van der Waals surface area (Å²) in [5, 5.41) is 3.13. The van der Waals surface area contributed by atoms with Gasteiger partial charge < -0.3 is 5.32 Å². The molecule has 1 unspecified atom stereocenters. The molecule has 0 aliphatic carbocycles. The van der Waals surface area contributed by atoms with Crippen LogP contribution in [-0.4, -0.2) is 5.91 Å². The van der Waals surface area contributed by atoms with Gasteiger partial charge in [-0.2, -0.15) is 0 Å². The molecule has 0 bridgehead atoms. The van der Waals surface area contributed by atoms with Crippen molar-refractivity contribution in [3.63, 3.8) is 0 Å². The topological polar surface area (TPSA) is 29.1 Å². The zero-order chi connectivity index (χ0) is 12.8. The molecule has 17 heavy (non-hydrogen) atoms. The average molecular weight is 233 g/mol. The predicted octanol–water partition coefficient (Wildman–Crippen LogP) is 3.55. The number of benzene rings is 1. The molecule has 2 nitrogen and oxygen atoms in total. The largest absolute Gasteiger partial charge is 0.349 e. The Labute approximate surface area is 104 Å². The highest BCUT2D eigenvalue weighted by atomic mass is 16.1. The third-order valence-corrected chi connectivity index (χ3v) is 2.75. The van der Waals surface area contributed by atoms with Crippen molar-refractivity contribution in [3.8, 4) is 0 Å². The number of hydrogen-bond donors (Lipinski definition) is 1. The Kier molecular flexibility index (Phi) is 5.20. The van der Waals surface area contributed by atoms with Gasteiger partial charge in [0, 0.05) is 5.92 Å². The van der Waals surface area contributed by atoms with E-state index in [1.54, 1.807) is 0 Å². The van der Waals surface area contributed by atoms with E-state index in [4.69, 9.17) is 0 Å². The molecule has 0 aliphatic rings. The highest BCUT2D eigenvalue weighted by Gasteiger charge is 2.17. The fourth-order valence-corrected chi connectivity index (χ4v) is 1.77. The minimum Gasteiger partial charge on any atom is -0.349 e. The smallest absolute Gasteiger partial charge is 0.223 e. The average Bonchev–Trinajstić information content (AvgIpc) is 2.28. The Bertz CT molecular complexity index is 343. The lowest BCUT2D eigenvalue weighted by Gasteiger charge is -2.22. The van der Waals surface area contributed by atoms with Crippen LogP contribution >= 0.6 is 0 Å². The molecule has 1 N–H and O–H groups in total. The molecule has 0 aromatic heterocycles. The predicted molar refractivity (Wildman–Crippen MR) is 71.6 cm³/mol. The summed E-state index contributed by atoms with van der Waals surface area (Å²) in [7, 11) is 0. The minimum absolute atomic E-state index is 0.0355. The van der Waals surface area contributed by atoms with E-state index in [-0.39, 0.29) is 17.9 Å². The second-order valence-corrected chi connectivity index (χ2v) is 5.26. The van der Waals surface area contributed by atoms with E-state index in [9.17, 15) is 4.79 Å². The number of rotatable bonds is 5. The van der Waals surface area contributed by atoms with Crippen molar-refractivity contribution < 1.29 is 4.79 Å². The van der Waals surface area contributed by atoms with Crippen molar-refractivity contribution in [2.24, 2.45) is 11.8 Å². The van der Waals surface area contributed by atoms with Gasteiger partial charge in [-0.15, -0.1) is 0 Å². The van der Waals surface area contributed by atoms with Crippen LogP contribution in [0.2, 0.25) is 0 Å². The molecule has 0 heterocycles. The zero-order valence-corrected chi connectivity index (χ0v) is 11.2. The van der Waals surface area contributed by atoms with Crippen LogP contribution in [0, 0.1) is 11.8 Å². The first-order valence-electron chi connectivity index (χ1n) is 6.36. The summed E-state index contributed by atoms with van der Waals surface area (Å²) in [6.07, 6.45) is 0.975. The molecule has 0 aliphatic heterocycles. The fourth-order valence-electron chi connectivity index (χ4n) is 1.77. The summed E-state index contributed by atoms with van der Waals surface area (Å²) in [6, 6.07) is 10.3. The third kappa shape index (κ3) is 4.59. The summed E-state index contributed by atoms with van der Waals surface area (Å²) in [5.74, 6) is 0.723. The second kappa shape index (κ2) is 6.43. The monoisotopic (exact) mass is 233 g/mol. The van der Waals surface area contributed by atoms with Gasteiger partial charge in [-0.3, -0.25) is 4.79 Å². The van der Waals surface area contributed by atoms with Crippen LogP contribution in [0.1, 0.15) is 45.7 Å². The maximum Gasteiger partial charge on any atom is 0.223 e. The summed E-state index contributed by atoms with van der Waals surface area (Å²) >= 11 is 0. The fraction of sp³-hybridized carbons (Fsp3) is 0.533. The van der Waals surface area contributed by atoms with E-state index in [2.05, 4.69) is 31.3 Å². The van der Waals surface area contributed by atoms with E-state index >= 15 is 0 Å². The Morgan fingerprint density at radius 2 is 1.71 bits per heavy atom. The van der Waals surface area contributed by atoms with Gasteiger partial charge in [-0.25, -0.2) is 0 Å². The summed E-state index contributed by atoms with van der Waals surface area (Å²) in [5.41, 5.74) is 1.19. The number of amides is 1. The molecule has 1 aromatic carbocycles. The Morgan fingerprint density at radius 1 is 1.12 bits per heavy atom. The first-order chi connectivity index (χ1) is 8.00. The van der Waals surface area contributed by atoms with E-state index in [1.165, 1.54) is 5.56 Å². The summed E-state index contributed by atoms with van der Waals surface area (Å²) in [4.78, 5) is 11.8. The van der Waals surface area contributed by atoms with Gasteiger partial charge in [0.05, 0.1) is 6.04 Å². The van der Waals surface area contributed by atoms with Gasteiger partial charge in [0.15, 0.2) is 0 Å². The quantitative estimate of drug-likeness (QED) is 0.828. The van der Waals surface area contributed by atoms with Crippen molar-refractivity contribution >= 4 is 5.91 Å². The maximum atomic E-state index is 11.8. The lowest BCUT2D eigenvalue weighted by atomic mass is 9.96. The van der Waals surface area contributed by atoms with Gasteiger partial charge in [0.2, 0.25) is 5.91 Å². The SMILES string of the molecule is CC(C)CC(NC(=O)C(C)C)c1ccccc1. The number of hydrogen-bond acceptors (Lipinski definition) is 1. The number of nitrogens with one attached hydrogen (secondary N) is 1. The van der Waals surface area contributed by atoms with E-state index < -0.39 is 0 Å². The van der Waals surface area contributed by atoms with Gasteiger partial charge >= 0.3 is 0 Å². The van der Waals surface area contributed by atoms with Crippen LogP contribution < -0.4 is 5.32 Å². The molecule has 1 atom stereocenters. The first kappa shape index (κ1) is 13.8. The molecular weight excluding hydrogens is 210 g/mol. The standard InChI is InChI=1S/C15H23NO/c1-11(2)10-14(16-15(17)12(3)4)13-8-6-5-7-9-13/h5-9,11-12,14H,10H2,1-4H3,(H,16,17). The Morgan fingerprint density at radius 3 is 2.18 bits per heavy atom. The highest BCUT2D eigenvalue weighted by molar-refractivity contribution is 5.78. The molecule has 0 saturated carbocycles. The third-order valence-electron chi connectivity index (χ3n) is 2.75. The normalized spacial score (nSPS) is 12.8. The van der Waals surface area contributed by atoms with Crippen LogP contribution in [0.15, 0.2) is 30.3 Å². The van der Waals surface area contributed by atoms with Crippen molar-refractivity contribution in [3.05, 3.63) is 35.9 Å². The van der Waals surface area contributed by atoms with Gasteiger partial charge in [-0.1, -0.05) is 58.0 Å². The van der Waals surface area contributed by atoms with Gasteiger partial charge in [0.25, 0.3) is 0 Å². The molecule has 0 fully saturated rings. The van der Waals surface area contributed by atoms with Crippen molar-refractivity contribution in [2.45, 2.75) is 40.2 Å². The van der Waals surface area contributed by atoms with Gasteiger partial charge in [-0.05, 0) is 17.9 Å². The Balaban J connectivity index is 2.78.